The Morgan fingerprint density at radius 3 is 3.06 bits per heavy atom. The zero-order chi connectivity index (χ0) is 11.1. The molecule has 0 radical (unpaired) electrons. The van der Waals surface area contributed by atoms with Gasteiger partial charge in [-0.1, -0.05) is 0 Å². The first-order chi connectivity index (χ1) is 7.74. The van der Waals surface area contributed by atoms with Crippen molar-refractivity contribution in [3.05, 3.63) is 17.3 Å². The second-order valence-corrected chi connectivity index (χ2v) is 4.82. The number of anilines is 1. The molecule has 86 valence electrons. The number of nitrogens with one attached hydrogen (secondary N) is 1. The van der Waals surface area contributed by atoms with Crippen LogP contribution in [0.2, 0.25) is 0 Å². The van der Waals surface area contributed by atoms with Crippen LogP contribution in [0, 0.1) is 5.92 Å². The highest BCUT2D eigenvalue weighted by Gasteiger charge is 2.28. The largest absolute Gasteiger partial charge is 0.481 e. The van der Waals surface area contributed by atoms with Gasteiger partial charge in [0, 0.05) is 19.3 Å². The van der Waals surface area contributed by atoms with Gasteiger partial charge < -0.3 is 15.0 Å². The zero-order valence-corrected chi connectivity index (χ0v) is 9.20. The summed E-state index contributed by atoms with van der Waals surface area (Å²) in [5.74, 6) is 1.23. The van der Waals surface area contributed by atoms with Crippen molar-refractivity contribution in [1.82, 2.24) is 4.57 Å². The third kappa shape index (κ3) is 1.68. The number of fused-ring (bicyclic) bond motifs is 1. The molecule has 1 aliphatic heterocycles. The number of nitrogens with zero attached hydrogens (tertiary/aromatic N) is 1. The molecule has 0 unspecified atom stereocenters. The van der Waals surface area contributed by atoms with Crippen molar-refractivity contribution >= 4 is 11.8 Å². The quantitative estimate of drug-likeness (QED) is 0.808. The van der Waals surface area contributed by atoms with Crippen LogP contribution in [0.4, 0.5) is 5.82 Å². The smallest absolute Gasteiger partial charge is 0.307 e. The van der Waals surface area contributed by atoms with Crippen molar-refractivity contribution in [2.24, 2.45) is 5.92 Å². The maximum atomic E-state index is 10.8. The standard InChI is InChI=1S/C12H16N2O2/c15-11(16)6-9-7-14-4-3-13-12(14)10(9)5-8-1-2-8/h7-8,13H,1-6H2,(H,15,16). The molecular formula is C12H16N2O2. The third-order valence-corrected chi connectivity index (χ3v) is 3.45. The minimum atomic E-state index is -0.735. The molecule has 1 fully saturated rings. The number of rotatable bonds is 4. The van der Waals surface area contributed by atoms with Crippen molar-refractivity contribution in [3.8, 4) is 0 Å². The van der Waals surface area contributed by atoms with E-state index >= 15 is 0 Å². The van der Waals surface area contributed by atoms with Crippen LogP contribution in [0.25, 0.3) is 0 Å². The maximum absolute atomic E-state index is 10.8. The number of aliphatic carboxylic acids is 1. The summed E-state index contributed by atoms with van der Waals surface area (Å²) in [6.07, 6.45) is 5.83. The van der Waals surface area contributed by atoms with Gasteiger partial charge in [0.05, 0.1) is 6.42 Å². The summed E-state index contributed by atoms with van der Waals surface area (Å²) in [5.41, 5.74) is 2.25. The molecule has 2 aliphatic rings. The molecule has 4 nitrogen and oxygen atoms in total. The maximum Gasteiger partial charge on any atom is 0.307 e. The summed E-state index contributed by atoms with van der Waals surface area (Å²) in [5, 5.41) is 12.3. The van der Waals surface area contributed by atoms with E-state index in [-0.39, 0.29) is 6.42 Å². The van der Waals surface area contributed by atoms with Gasteiger partial charge in [-0.25, -0.2) is 0 Å². The van der Waals surface area contributed by atoms with Crippen molar-refractivity contribution in [3.63, 3.8) is 0 Å². The van der Waals surface area contributed by atoms with Gasteiger partial charge in [0.25, 0.3) is 0 Å². The van der Waals surface area contributed by atoms with E-state index in [2.05, 4.69) is 9.88 Å². The van der Waals surface area contributed by atoms with Gasteiger partial charge in [0.1, 0.15) is 5.82 Å². The van der Waals surface area contributed by atoms with E-state index in [0.29, 0.717) is 0 Å². The lowest BCUT2D eigenvalue weighted by Gasteiger charge is -2.04. The van der Waals surface area contributed by atoms with Gasteiger partial charge in [-0.2, -0.15) is 0 Å². The Hall–Kier alpha value is -1.45. The van der Waals surface area contributed by atoms with Crippen molar-refractivity contribution in [2.75, 3.05) is 11.9 Å². The molecule has 3 rings (SSSR count). The second kappa shape index (κ2) is 3.54. The van der Waals surface area contributed by atoms with E-state index < -0.39 is 5.97 Å². The van der Waals surface area contributed by atoms with E-state index in [1.165, 1.54) is 24.2 Å². The number of carboxylic acid groups (broad SMARTS) is 1. The molecule has 0 atom stereocenters. The summed E-state index contributed by atoms with van der Waals surface area (Å²) in [4.78, 5) is 10.8. The van der Waals surface area contributed by atoms with Crippen LogP contribution in [-0.4, -0.2) is 22.2 Å². The lowest BCUT2D eigenvalue weighted by Crippen LogP contribution is -2.04. The fourth-order valence-corrected chi connectivity index (χ4v) is 2.49. The molecule has 0 aromatic carbocycles. The number of carbonyl (C=O) groups is 1. The van der Waals surface area contributed by atoms with Gasteiger partial charge in [0.2, 0.25) is 0 Å². The fourth-order valence-electron chi connectivity index (χ4n) is 2.49. The van der Waals surface area contributed by atoms with Crippen LogP contribution >= 0.6 is 0 Å². The Balaban J connectivity index is 1.92. The highest BCUT2D eigenvalue weighted by Crippen LogP contribution is 2.37. The Morgan fingerprint density at radius 2 is 2.38 bits per heavy atom. The average Bonchev–Trinajstić information content (AvgIpc) is 2.83. The number of carboxylic acids is 1. The Morgan fingerprint density at radius 1 is 1.56 bits per heavy atom. The molecule has 1 aromatic heterocycles. The predicted octanol–water partition coefficient (Wildman–Crippen LogP) is 1.49. The van der Waals surface area contributed by atoms with Gasteiger partial charge in [-0.3, -0.25) is 4.79 Å². The van der Waals surface area contributed by atoms with Crippen LogP contribution < -0.4 is 5.32 Å². The summed E-state index contributed by atoms with van der Waals surface area (Å²) >= 11 is 0. The molecule has 1 saturated carbocycles. The SMILES string of the molecule is O=C(O)Cc1cn2c(c1CC1CC1)NCC2. The first kappa shape index (κ1) is 9.75. The highest BCUT2D eigenvalue weighted by molar-refractivity contribution is 5.72. The monoisotopic (exact) mass is 220 g/mol. The first-order valence-corrected chi connectivity index (χ1v) is 5.90. The molecule has 2 N–H and O–H groups in total. The summed E-state index contributed by atoms with van der Waals surface area (Å²) in [6.45, 7) is 1.94. The summed E-state index contributed by atoms with van der Waals surface area (Å²) < 4.78 is 2.16. The van der Waals surface area contributed by atoms with Gasteiger partial charge in [0.15, 0.2) is 0 Å². The molecule has 0 spiro atoms. The minimum Gasteiger partial charge on any atom is -0.481 e. The van der Waals surface area contributed by atoms with Crippen LogP contribution in [-0.2, 0) is 24.2 Å². The molecule has 0 amide bonds. The van der Waals surface area contributed by atoms with Crippen LogP contribution in [0.3, 0.4) is 0 Å². The van der Waals surface area contributed by atoms with Gasteiger partial charge >= 0.3 is 5.97 Å². The number of hydrogen-bond acceptors (Lipinski definition) is 2. The first-order valence-electron chi connectivity index (χ1n) is 5.90. The minimum absolute atomic E-state index is 0.156. The Labute approximate surface area is 94.3 Å². The summed E-state index contributed by atoms with van der Waals surface area (Å²) in [7, 11) is 0. The van der Waals surface area contributed by atoms with Gasteiger partial charge in [-0.05, 0) is 36.3 Å². The molecular weight excluding hydrogens is 204 g/mol. The zero-order valence-electron chi connectivity index (χ0n) is 9.20. The highest BCUT2D eigenvalue weighted by atomic mass is 16.4. The molecule has 4 heteroatoms. The van der Waals surface area contributed by atoms with Crippen LogP contribution in [0.15, 0.2) is 6.20 Å². The lowest BCUT2D eigenvalue weighted by molar-refractivity contribution is -0.136. The molecule has 0 bridgehead atoms. The molecule has 16 heavy (non-hydrogen) atoms. The molecule has 1 aliphatic carbocycles. The van der Waals surface area contributed by atoms with E-state index in [9.17, 15) is 4.79 Å². The van der Waals surface area contributed by atoms with E-state index in [1.807, 2.05) is 6.20 Å². The molecule has 0 saturated heterocycles. The van der Waals surface area contributed by atoms with Crippen molar-refractivity contribution < 1.29 is 9.90 Å². The average molecular weight is 220 g/mol. The predicted molar refractivity (Wildman–Crippen MR) is 60.7 cm³/mol. The molecule has 2 heterocycles. The Kier molecular flexibility index (Phi) is 2.16. The van der Waals surface area contributed by atoms with Crippen molar-refractivity contribution in [1.29, 1.82) is 0 Å². The van der Waals surface area contributed by atoms with E-state index in [0.717, 1.165) is 31.0 Å². The normalized spacial score (nSPS) is 18.2. The van der Waals surface area contributed by atoms with E-state index in [4.69, 9.17) is 5.11 Å². The van der Waals surface area contributed by atoms with E-state index in [1.54, 1.807) is 0 Å². The fraction of sp³-hybridized carbons (Fsp3) is 0.583. The summed E-state index contributed by atoms with van der Waals surface area (Å²) in [6, 6.07) is 0. The van der Waals surface area contributed by atoms with Crippen LogP contribution in [0.1, 0.15) is 24.0 Å². The number of hydrogen-bond donors (Lipinski definition) is 2. The van der Waals surface area contributed by atoms with Crippen molar-refractivity contribution in [2.45, 2.75) is 32.2 Å². The number of aromatic nitrogens is 1. The molecule has 1 aromatic rings. The Bertz CT molecular complexity index is 432. The van der Waals surface area contributed by atoms with Gasteiger partial charge in [-0.15, -0.1) is 0 Å². The third-order valence-electron chi connectivity index (χ3n) is 3.45. The topological polar surface area (TPSA) is 54.3 Å². The van der Waals surface area contributed by atoms with Crippen LogP contribution in [0.5, 0.6) is 0 Å². The lowest BCUT2D eigenvalue weighted by atomic mass is 10.0. The second-order valence-electron chi connectivity index (χ2n) is 4.82.